The van der Waals surface area contributed by atoms with Crippen LogP contribution in [0.1, 0.15) is 21.5 Å². The normalized spacial score (nSPS) is 10.2. The van der Waals surface area contributed by atoms with E-state index in [1.807, 2.05) is 32.0 Å². The van der Waals surface area contributed by atoms with Crippen molar-refractivity contribution >= 4 is 17.3 Å². The number of aryl methyl sites for hydroxylation is 2. The number of amides is 1. The summed E-state index contributed by atoms with van der Waals surface area (Å²) in [6.45, 7) is 4.04. The van der Waals surface area contributed by atoms with Crippen LogP contribution in [0.4, 0.5) is 11.4 Å². The summed E-state index contributed by atoms with van der Waals surface area (Å²) in [5.74, 6) is 0.402. The summed E-state index contributed by atoms with van der Waals surface area (Å²) in [4.78, 5) is 12.2. The molecule has 2 aromatic rings. The molecule has 2 aromatic carbocycles. The molecule has 0 aromatic heterocycles. The lowest BCUT2D eigenvalue weighted by molar-refractivity contribution is 0.102. The molecule has 0 aliphatic heterocycles. The van der Waals surface area contributed by atoms with Crippen LogP contribution < -0.4 is 15.8 Å². The standard InChI is InChI=1S/C16H18N2O2/c1-10-4-5-12(8-11(10)2)18-16(19)14-7-6-13(20-3)9-15(14)17/h4-9H,17H2,1-3H3,(H,18,19). The summed E-state index contributed by atoms with van der Waals surface area (Å²) in [6.07, 6.45) is 0. The Morgan fingerprint density at radius 2 is 1.85 bits per heavy atom. The number of anilines is 2. The third-order valence-electron chi connectivity index (χ3n) is 3.27. The van der Waals surface area contributed by atoms with E-state index in [4.69, 9.17) is 10.5 Å². The van der Waals surface area contributed by atoms with Crippen LogP contribution >= 0.6 is 0 Å². The van der Waals surface area contributed by atoms with Crippen molar-refractivity contribution in [3.63, 3.8) is 0 Å². The average molecular weight is 270 g/mol. The molecule has 4 nitrogen and oxygen atoms in total. The van der Waals surface area contributed by atoms with Gasteiger partial charge >= 0.3 is 0 Å². The molecule has 0 unspecified atom stereocenters. The fraction of sp³-hybridized carbons (Fsp3) is 0.188. The van der Waals surface area contributed by atoms with Crippen LogP contribution in [-0.2, 0) is 0 Å². The molecule has 0 aliphatic rings. The summed E-state index contributed by atoms with van der Waals surface area (Å²) >= 11 is 0. The van der Waals surface area contributed by atoms with E-state index in [1.165, 1.54) is 5.56 Å². The number of benzene rings is 2. The highest BCUT2D eigenvalue weighted by molar-refractivity contribution is 6.07. The minimum absolute atomic E-state index is 0.228. The molecule has 0 spiro atoms. The van der Waals surface area contributed by atoms with E-state index in [0.717, 1.165) is 11.3 Å². The first-order valence-electron chi connectivity index (χ1n) is 6.33. The van der Waals surface area contributed by atoms with E-state index in [9.17, 15) is 4.79 Å². The Balaban J connectivity index is 2.21. The number of carbonyl (C=O) groups excluding carboxylic acids is 1. The van der Waals surface area contributed by atoms with Crippen molar-refractivity contribution in [2.24, 2.45) is 0 Å². The fourth-order valence-electron chi connectivity index (χ4n) is 1.89. The molecule has 0 radical (unpaired) electrons. The van der Waals surface area contributed by atoms with Crippen LogP contribution in [0, 0.1) is 13.8 Å². The Labute approximate surface area is 118 Å². The molecule has 0 fully saturated rings. The third kappa shape index (κ3) is 2.91. The topological polar surface area (TPSA) is 64.3 Å². The fourth-order valence-corrected chi connectivity index (χ4v) is 1.89. The Hall–Kier alpha value is -2.49. The predicted molar refractivity (Wildman–Crippen MR) is 81.3 cm³/mol. The SMILES string of the molecule is COc1ccc(C(=O)Nc2ccc(C)c(C)c2)c(N)c1. The molecule has 0 aliphatic carbocycles. The molecular formula is C16H18N2O2. The number of methoxy groups -OCH3 is 1. The summed E-state index contributed by atoms with van der Waals surface area (Å²) in [7, 11) is 1.56. The van der Waals surface area contributed by atoms with Gasteiger partial charge in [0, 0.05) is 17.4 Å². The number of nitrogens with two attached hydrogens (primary N) is 1. The van der Waals surface area contributed by atoms with E-state index in [0.29, 0.717) is 17.0 Å². The lowest BCUT2D eigenvalue weighted by atomic mass is 10.1. The largest absolute Gasteiger partial charge is 0.497 e. The summed E-state index contributed by atoms with van der Waals surface area (Å²) < 4.78 is 5.07. The maximum absolute atomic E-state index is 12.2. The van der Waals surface area contributed by atoms with Gasteiger partial charge in [-0.1, -0.05) is 6.07 Å². The Bertz CT molecular complexity index is 651. The molecule has 20 heavy (non-hydrogen) atoms. The molecule has 4 heteroatoms. The molecule has 0 saturated carbocycles. The minimum atomic E-state index is -0.228. The Kier molecular flexibility index (Phi) is 3.94. The van der Waals surface area contributed by atoms with E-state index in [1.54, 1.807) is 25.3 Å². The van der Waals surface area contributed by atoms with Gasteiger partial charge in [0.1, 0.15) is 5.75 Å². The molecule has 1 amide bonds. The van der Waals surface area contributed by atoms with E-state index >= 15 is 0 Å². The molecule has 3 N–H and O–H groups in total. The maximum atomic E-state index is 12.2. The first-order chi connectivity index (χ1) is 9.51. The van der Waals surface area contributed by atoms with Crippen LogP contribution in [0.2, 0.25) is 0 Å². The minimum Gasteiger partial charge on any atom is -0.497 e. The zero-order valence-corrected chi connectivity index (χ0v) is 11.9. The summed E-state index contributed by atoms with van der Waals surface area (Å²) in [6, 6.07) is 10.8. The van der Waals surface area contributed by atoms with Crippen molar-refractivity contribution < 1.29 is 9.53 Å². The van der Waals surface area contributed by atoms with Crippen LogP contribution in [-0.4, -0.2) is 13.0 Å². The third-order valence-corrected chi connectivity index (χ3v) is 3.27. The van der Waals surface area contributed by atoms with Crippen LogP contribution in [0.25, 0.3) is 0 Å². The van der Waals surface area contributed by atoms with Crippen molar-refractivity contribution in [3.05, 3.63) is 53.1 Å². The van der Waals surface area contributed by atoms with Crippen molar-refractivity contribution in [3.8, 4) is 5.75 Å². The highest BCUT2D eigenvalue weighted by atomic mass is 16.5. The molecule has 0 atom stereocenters. The van der Waals surface area contributed by atoms with E-state index in [-0.39, 0.29) is 5.91 Å². The van der Waals surface area contributed by atoms with Gasteiger partial charge in [0.15, 0.2) is 0 Å². The Morgan fingerprint density at radius 1 is 1.10 bits per heavy atom. The predicted octanol–water partition coefficient (Wildman–Crippen LogP) is 3.15. The smallest absolute Gasteiger partial charge is 0.257 e. The second kappa shape index (κ2) is 5.65. The summed E-state index contributed by atoms with van der Waals surface area (Å²) in [5.41, 5.74) is 9.77. The number of carbonyl (C=O) groups is 1. The van der Waals surface area contributed by atoms with Gasteiger partial charge in [0.2, 0.25) is 0 Å². The van der Waals surface area contributed by atoms with Gasteiger partial charge in [-0.15, -0.1) is 0 Å². The molecular weight excluding hydrogens is 252 g/mol. The van der Waals surface area contributed by atoms with Crippen molar-refractivity contribution in [1.82, 2.24) is 0 Å². The van der Waals surface area contributed by atoms with Crippen molar-refractivity contribution in [1.29, 1.82) is 0 Å². The zero-order chi connectivity index (χ0) is 14.7. The number of hydrogen-bond donors (Lipinski definition) is 2. The summed E-state index contributed by atoms with van der Waals surface area (Å²) in [5, 5.41) is 2.84. The van der Waals surface area contributed by atoms with E-state index in [2.05, 4.69) is 5.32 Å². The molecule has 0 saturated heterocycles. The monoisotopic (exact) mass is 270 g/mol. The highest BCUT2D eigenvalue weighted by Crippen LogP contribution is 2.21. The lowest BCUT2D eigenvalue weighted by Gasteiger charge is -2.10. The van der Waals surface area contributed by atoms with Gasteiger partial charge in [0.05, 0.1) is 12.7 Å². The number of hydrogen-bond acceptors (Lipinski definition) is 3. The van der Waals surface area contributed by atoms with Gasteiger partial charge in [-0.2, -0.15) is 0 Å². The number of nitrogens with one attached hydrogen (secondary N) is 1. The van der Waals surface area contributed by atoms with Gasteiger partial charge in [0.25, 0.3) is 5.91 Å². The van der Waals surface area contributed by atoms with E-state index < -0.39 is 0 Å². The van der Waals surface area contributed by atoms with Crippen LogP contribution in [0.15, 0.2) is 36.4 Å². The first kappa shape index (κ1) is 13.9. The Morgan fingerprint density at radius 3 is 2.45 bits per heavy atom. The van der Waals surface area contributed by atoms with Gasteiger partial charge < -0.3 is 15.8 Å². The first-order valence-corrected chi connectivity index (χ1v) is 6.33. The second-order valence-corrected chi connectivity index (χ2v) is 4.71. The van der Waals surface area contributed by atoms with Crippen molar-refractivity contribution in [2.45, 2.75) is 13.8 Å². The van der Waals surface area contributed by atoms with Crippen LogP contribution in [0.5, 0.6) is 5.75 Å². The van der Waals surface area contributed by atoms with Gasteiger partial charge in [-0.25, -0.2) is 0 Å². The number of nitrogen functional groups attached to an aromatic ring is 1. The molecule has 0 bridgehead atoms. The van der Waals surface area contributed by atoms with Gasteiger partial charge in [-0.3, -0.25) is 4.79 Å². The molecule has 2 rings (SSSR count). The second-order valence-electron chi connectivity index (χ2n) is 4.71. The lowest BCUT2D eigenvalue weighted by Crippen LogP contribution is -2.14. The maximum Gasteiger partial charge on any atom is 0.257 e. The van der Waals surface area contributed by atoms with Gasteiger partial charge in [-0.05, 0) is 49.2 Å². The number of rotatable bonds is 3. The average Bonchev–Trinajstić information content (AvgIpc) is 2.42. The molecule has 0 heterocycles. The number of ether oxygens (including phenoxy) is 1. The quantitative estimate of drug-likeness (QED) is 0.842. The van der Waals surface area contributed by atoms with Crippen LogP contribution in [0.3, 0.4) is 0 Å². The zero-order valence-electron chi connectivity index (χ0n) is 11.9. The van der Waals surface area contributed by atoms with Crippen molar-refractivity contribution in [2.75, 3.05) is 18.2 Å². The highest BCUT2D eigenvalue weighted by Gasteiger charge is 2.11. The molecule has 104 valence electrons.